The molecule has 0 atom stereocenters. The van der Waals surface area contributed by atoms with E-state index in [4.69, 9.17) is 11.6 Å². The number of nitrogens with one attached hydrogen (secondary N) is 1. The lowest BCUT2D eigenvalue weighted by Gasteiger charge is -2.19. The maximum atomic E-state index is 11.5. The van der Waals surface area contributed by atoms with Gasteiger partial charge < -0.3 is 0 Å². The lowest BCUT2D eigenvalue weighted by atomic mass is 9.93. The second kappa shape index (κ2) is 5.02. The molecule has 15 heavy (non-hydrogen) atoms. The third-order valence-corrected chi connectivity index (χ3v) is 4.99. The van der Waals surface area contributed by atoms with Gasteiger partial charge in [-0.1, -0.05) is 13.8 Å². The molecule has 1 fully saturated rings. The lowest BCUT2D eigenvalue weighted by molar-refractivity contribution is 0.357. The van der Waals surface area contributed by atoms with Gasteiger partial charge in [0, 0.05) is 12.4 Å². The average molecular weight is 254 g/mol. The molecular formula is C10H20ClNO2S. The van der Waals surface area contributed by atoms with Crippen LogP contribution >= 0.6 is 11.6 Å². The lowest BCUT2D eigenvalue weighted by Crippen LogP contribution is -2.34. The van der Waals surface area contributed by atoms with Gasteiger partial charge in [-0.15, -0.1) is 11.6 Å². The third kappa shape index (κ3) is 3.93. The van der Waals surface area contributed by atoms with Crippen LogP contribution in [0.2, 0.25) is 0 Å². The van der Waals surface area contributed by atoms with Crippen molar-refractivity contribution in [2.24, 2.45) is 11.3 Å². The Morgan fingerprint density at radius 1 is 1.40 bits per heavy atom. The second-order valence-electron chi connectivity index (χ2n) is 4.70. The average Bonchev–Trinajstić information content (AvgIpc) is 2.93. The van der Waals surface area contributed by atoms with E-state index >= 15 is 0 Å². The molecule has 0 aliphatic heterocycles. The van der Waals surface area contributed by atoms with Gasteiger partial charge in [0.2, 0.25) is 10.0 Å². The van der Waals surface area contributed by atoms with Crippen LogP contribution in [0.1, 0.15) is 33.1 Å². The first-order valence-electron chi connectivity index (χ1n) is 5.45. The van der Waals surface area contributed by atoms with Crippen molar-refractivity contribution in [2.45, 2.75) is 33.1 Å². The van der Waals surface area contributed by atoms with E-state index in [1.54, 1.807) is 0 Å². The minimum Gasteiger partial charge on any atom is -0.215 e. The van der Waals surface area contributed by atoms with Gasteiger partial charge in [0.15, 0.2) is 0 Å². The molecule has 1 rings (SSSR count). The molecule has 0 unspecified atom stereocenters. The normalized spacial score (nSPS) is 19.5. The van der Waals surface area contributed by atoms with Crippen LogP contribution in [0.3, 0.4) is 0 Å². The Bertz CT molecular complexity index is 297. The summed E-state index contributed by atoms with van der Waals surface area (Å²) >= 11 is 5.47. The summed E-state index contributed by atoms with van der Waals surface area (Å²) in [5, 5.41) is 0. The number of rotatable bonds is 7. The summed E-state index contributed by atoms with van der Waals surface area (Å²) in [7, 11) is -3.10. The van der Waals surface area contributed by atoms with Gasteiger partial charge in [0.1, 0.15) is 0 Å². The smallest absolute Gasteiger partial charge is 0.211 e. The topological polar surface area (TPSA) is 46.2 Å². The van der Waals surface area contributed by atoms with Crippen molar-refractivity contribution in [2.75, 3.05) is 18.2 Å². The van der Waals surface area contributed by atoms with E-state index in [1.807, 2.05) is 0 Å². The first-order chi connectivity index (χ1) is 6.92. The fourth-order valence-electron chi connectivity index (χ4n) is 1.69. The molecule has 3 nitrogen and oxygen atoms in total. The highest BCUT2D eigenvalue weighted by Crippen LogP contribution is 2.51. The van der Waals surface area contributed by atoms with Crippen molar-refractivity contribution >= 4 is 21.6 Å². The Balaban J connectivity index is 2.36. The molecule has 0 aromatic carbocycles. The summed E-state index contributed by atoms with van der Waals surface area (Å²) in [4.78, 5) is 0. The first kappa shape index (κ1) is 13.3. The Hall–Kier alpha value is 0.200. The highest BCUT2D eigenvalue weighted by Gasteiger charge is 2.45. The monoisotopic (exact) mass is 253 g/mol. The molecule has 0 aromatic heterocycles. The van der Waals surface area contributed by atoms with Crippen molar-refractivity contribution in [1.29, 1.82) is 0 Å². The van der Waals surface area contributed by atoms with Crippen LogP contribution < -0.4 is 4.72 Å². The zero-order valence-electron chi connectivity index (χ0n) is 9.42. The van der Waals surface area contributed by atoms with E-state index in [2.05, 4.69) is 18.6 Å². The Morgan fingerprint density at radius 2 is 2.00 bits per heavy atom. The summed E-state index contributed by atoms with van der Waals surface area (Å²) in [6, 6.07) is 0. The van der Waals surface area contributed by atoms with E-state index in [0.29, 0.717) is 24.8 Å². The number of hydrogen-bond donors (Lipinski definition) is 1. The maximum absolute atomic E-state index is 11.5. The predicted molar refractivity (Wildman–Crippen MR) is 63.6 cm³/mol. The molecule has 1 aliphatic rings. The Morgan fingerprint density at radius 3 is 2.40 bits per heavy atom. The quantitative estimate of drug-likeness (QED) is 0.706. The third-order valence-electron chi connectivity index (χ3n) is 3.31. The standard InChI is InChI=1S/C10H20ClNO2S/c1-9(2)10(4-5-10)8-12-15(13,14)7-3-6-11/h9,12H,3-8H2,1-2H3. The minimum absolute atomic E-state index is 0.144. The predicted octanol–water partition coefficient (Wildman–Crippen LogP) is 1.97. The van der Waals surface area contributed by atoms with Crippen LogP contribution in [0.15, 0.2) is 0 Å². The van der Waals surface area contributed by atoms with Crippen molar-refractivity contribution in [3.63, 3.8) is 0 Å². The molecule has 1 aliphatic carbocycles. The number of halogens is 1. The van der Waals surface area contributed by atoms with Crippen LogP contribution in [0, 0.1) is 11.3 Å². The van der Waals surface area contributed by atoms with Crippen LogP contribution in [0.25, 0.3) is 0 Å². The molecule has 5 heteroatoms. The fraction of sp³-hybridized carbons (Fsp3) is 1.00. The van der Waals surface area contributed by atoms with E-state index in [9.17, 15) is 8.42 Å². The highest BCUT2D eigenvalue weighted by atomic mass is 35.5. The van der Waals surface area contributed by atoms with Crippen molar-refractivity contribution in [3.05, 3.63) is 0 Å². The molecule has 0 spiro atoms. The Labute approximate surface area is 97.6 Å². The van der Waals surface area contributed by atoms with Crippen molar-refractivity contribution in [3.8, 4) is 0 Å². The highest BCUT2D eigenvalue weighted by molar-refractivity contribution is 7.89. The van der Waals surface area contributed by atoms with E-state index in [1.165, 1.54) is 0 Å². The summed E-state index contributed by atoms with van der Waals surface area (Å²) < 4.78 is 25.7. The van der Waals surface area contributed by atoms with Gasteiger partial charge in [-0.25, -0.2) is 13.1 Å². The number of hydrogen-bond acceptors (Lipinski definition) is 2. The van der Waals surface area contributed by atoms with Crippen LogP contribution in [0.5, 0.6) is 0 Å². The largest absolute Gasteiger partial charge is 0.215 e. The Kier molecular flexibility index (Phi) is 4.44. The summed E-state index contributed by atoms with van der Waals surface area (Å²) in [5.74, 6) is 1.09. The summed E-state index contributed by atoms with van der Waals surface area (Å²) in [5.41, 5.74) is 0.230. The molecule has 0 bridgehead atoms. The van der Waals surface area contributed by atoms with Gasteiger partial charge in [-0.3, -0.25) is 0 Å². The van der Waals surface area contributed by atoms with Crippen molar-refractivity contribution in [1.82, 2.24) is 4.72 Å². The molecule has 0 radical (unpaired) electrons. The van der Waals surface area contributed by atoms with Crippen LogP contribution in [-0.4, -0.2) is 26.6 Å². The number of sulfonamides is 1. The zero-order valence-corrected chi connectivity index (χ0v) is 11.0. The molecule has 90 valence electrons. The molecular weight excluding hydrogens is 234 g/mol. The minimum atomic E-state index is -3.10. The fourth-order valence-corrected chi connectivity index (χ4v) is 3.16. The van der Waals surface area contributed by atoms with Gasteiger partial charge in [0.25, 0.3) is 0 Å². The summed E-state index contributed by atoms with van der Waals surface area (Å²) in [6.07, 6.45) is 2.80. The van der Waals surface area contributed by atoms with Gasteiger partial charge in [0.05, 0.1) is 5.75 Å². The van der Waals surface area contributed by atoms with Gasteiger partial charge >= 0.3 is 0 Å². The molecule has 0 heterocycles. The summed E-state index contributed by atoms with van der Waals surface area (Å²) in [6.45, 7) is 4.90. The van der Waals surface area contributed by atoms with E-state index in [-0.39, 0.29) is 11.2 Å². The van der Waals surface area contributed by atoms with Gasteiger partial charge in [-0.2, -0.15) is 0 Å². The molecule has 0 aromatic rings. The zero-order chi connectivity index (χ0) is 11.5. The van der Waals surface area contributed by atoms with Crippen LogP contribution in [0.4, 0.5) is 0 Å². The number of alkyl halides is 1. The molecule has 0 saturated heterocycles. The SMILES string of the molecule is CC(C)C1(CNS(=O)(=O)CCCCl)CC1. The second-order valence-corrected chi connectivity index (χ2v) is 7.00. The first-order valence-corrected chi connectivity index (χ1v) is 7.64. The van der Waals surface area contributed by atoms with E-state index in [0.717, 1.165) is 12.8 Å². The molecule has 0 amide bonds. The van der Waals surface area contributed by atoms with Gasteiger partial charge in [-0.05, 0) is 30.6 Å². The molecule has 1 N–H and O–H groups in total. The maximum Gasteiger partial charge on any atom is 0.211 e. The molecule has 1 saturated carbocycles. The van der Waals surface area contributed by atoms with Crippen LogP contribution in [-0.2, 0) is 10.0 Å². The van der Waals surface area contributed by atoms with Crippen molar-refractivity contribution < 1.29 is 8.42 Å². The van der Waals surface area contributed by atoms with E-state index < -0.39 is 10.0 Å².